The Morgan fingerprint density at radius 2 is 2.06 bits per heavy atom. The summed E-state index contributed by atoms with van der Waals surface area (Å²) in [6, 6.07) is 10.6. The fraction of sp³-hybridized carbons (Fsp3) is 0.0769. The highest BCUT2D eigenvalue weighted by Gasteiger charge is 2.23. The number of hydrogen-bond donors (Lipinski definition) is 1. The number of rotatable bonds is 3. The van der Waals surface area contributed by atoms with Crippen LogP contribution in [0.4, 0.5) is 4.39 Å². The number of halogens is 1. The lowest BCUT2D eigenvalue weighted by molar-refractivity contribution is -0.137. The van der Waals surface area contributed by atoms with Crippen LogP contribution in [-0.2, 0) is 4.79 Å². The molecule has 1 heterocycles. The zero-order chi connectivity index (χ0) is 12.3. The van der Waals surface area contributed by atoms with E-state index in [9.17, 15) is 14.3 Å². The third-order valence-corrected chi connectivity index (χ3v) is 2.41. The first-order valence-corrected chi connectivity index (χ1v) is 5.07. The van der Waals surface area contributed by atoms with Crippen LogP contribution in [0.25, 0.3) is 0 Å². The highest BCUT2D eigenvalue weighted by atomic mass is 19.1. The molecular formula is C13H10FNO2. The van der Waals surface area contributed by atoms with E-state index >= 15 is 0 Å². The van der Waals surface area contributed by atoms with Crippen molar-refractivity contribution in [3.05, 3.63) is 65.7 Å². The number of carboxylic acid groups (broad SMARTS) is 1. The molecule has 17 heavy (non-hydrogen) atoms. The van der Waals surface area contributed by atoms with Crippen molar-refractivity contribution >= 4 is 5.97 Å². The fourth-order valence-corrected chi connectivity index (χ4v) is 1.67. The smallest absolute Gasteiger partial charge is 0.317 e. The van der Waals surface area contributed by atoms with Crippen molar-refractivity contribution in [2.24, 2.45) is 0 Å². The van der Waals surface area contributed by atoms with Crippen molar-refractivity contribution in [1.29, 1.82) is 0 Å². The number of pyridine rings is 1. The summed E-state index contributed by atoms with van der Waals surface area (Å²) in [5.41, 5.74) is 0.779. The first-order chi connectivity index (χ1) is 8.18. The molecule has 86 valence electrons. The molecule has 0 saturated carbocycles. The van der Waals surface area contributed by atoms with Gasteiger partial charge in [-0.1, -0.05) is 18.2 Å². The van der Waals surface area contributed by atoms with Crippen LogP contribution in [0.2, 0.25) is 0 Å². The molecule has 1 unspecified atom stereocenters. The Balaban J connectivity index is 2.47. The number of nitrogens with zero attached hydrogens (tertiary/aromatic N) is 1. The highest BCUT2D eigenvalue weighted by molar-refractivity contribution is 5.79. The van der Waals surface area contributed by atoms with Crippen LogP contribution in [0.3, 0.4) is 0 Å². The number of benzene rings is 1. The van der Waals surface area contributed by atoms with Crippen LogP contribution < -0.4 is 0 Å². The maximum atomic E-state index is 13.1. The minimum atomic E-state index is -1.05. The Morgan fingerprint density at radius 3 is 2.65 bits per heavy atom. The second-order valence-electron chi connectivity index (χ2n) is 3.58. The van der Waals surface area contributed by atoms with Gasteiger partial charge in [-0.15, -0.1) is 0 Å². The molecule has 2 rings (SSSR count). The van der Waals surface area contributed by atoms with E-state index in [1.54, 1.807) is 24.3 Å². The van der Waals surface area contributed by atoms with Crippen molar-refractivity contribution in [3.63, 3.8) is 0 Å². The Hall–Kier alpha value is -2.23. The molecular weight excluding hydrogens is 221 g/mol. The van der Waals surface area contributed by atoms with Crippen molar-refractivity contribution in [2.45, 2.75) is 5.92 Å². The van der Waals surface area contributed by atoms with Crippen molar-refractivity contribution in [1.82, 2.24) is 4.98 Å². The zero-order valence-corrected chi connectivity index (χ0v) is 8.88. The van der Waals surface area contributed by atoms with Gasteiger partial charge in [0.15, 0.2) is 0 Å². The molecule has 0 aliphatic carbocycles. The second kappa shape index (κ2) is 4.74. The normalized spacial score (nSPS) is 12.1. The lowest BCUT2D eigenvalue weighted by Gasteiger charge is -2.11. The number of carbonyl (C=O) groups is 1. The van der Waals surface area contributed by atoms with Gasteiger partial charge in [0.2, 0.25) is 0 Å². The zero-order valence-electron chi connectivity index (χ0n) is 8.88. The number of carboxylic acids is 1. The van der Waals surface area contributed by atoms with Gasteiger partial charge in [-0.05, 0) is 29.8 Å². The van der Waals surface area contributed by atoms with Crippen molar-refractivity contribution in [3.8, 4) is 0 Å². The maximum absolute atomic E-state index is 13.1. The average molecular weight is 231 g/mol. The molecule has 0 fully saturated rings. The minimum absolute atomic E-state index is 0.385. The van der Waals surface area contributed by atoms with E-state index in [2.05, 4.69) is 4.98 Å². The van der Waals surface area contributed by atoms with E-state index in [1.165, 1.54) is 24.4 Å². The monoisotopic (exact) mass is 231 g/mol. The molecule has 0 aliphatic heterocycles. The third-order valence-electron chi connectivity index (χ3n) is 2.41. The topological polar surface area (TPSA) is 50.2 Å². The summed E-state index contributed by atoms with van der Waals surface area (Å²) >= 11 is 0. The molecule has 0 saturated heterocycles. The summed E-state index contributed by atoms with van der Waals surface area (Å²) in [6.45, 7) is 0. The van der Waals surface area contributed by atoms with Crippen molar-refractivity contribution in [2.75, 3.05) is 0 Å². The highest BCUT2D eigenvalue weighted by Crippen LogP contribution is 2.23. The van der Waals surface area contributed by atoms with Gasteiger partial charge in [0.05, 0.1) is 5.69 Å². The van der Waals surface area contributed by atoms with E-state index < -0.39 is 17.7 Å². The van der Waals surface area contributed by atoms with Crippen LogP contribution in [0, 0.1) is 5.82 Å². The minimum Gasteiger partial charge on any atom is -0.480 e. The SMILES string of the molecule is O=C(O)C(c1cccc(F)c1)c1ccccn1. The fourth-order valence-electron chi connectivity index (χ4n) is 1.67. The molecule has 2 aromatic rings. The van der Waals surface area contributed by atoms with Gasteiger partial charge in [-0.3, -0.25) is 9.78 Å². The molecule has 1 aromatic carbocycles. The summed E-state index contributed by atoms with van der Waals surface area (Å²) in [5, 5.41) is 9.21. The van der Waals surface area contributed by atoms with E-state index in [1.807, 2.05) is 0 Å². The lowest BCUT2D eigenvalue weighted by atomic mass is 9.95. The van der Waals surface area contributed by atoms with Crippen LogP contribution >= 0.6 is 0 Å². The predicted molar refractivity (Wildman–Crippen MR) is 60.1 cm³/mol. The molecule has 4 heteroatoms. The molecule has 1 N–H and O–H groups in total. The molecule has 1 atom stereocenters. The Morgan fingerprint density at radius 1 is 1.24 bits per heavy atom. The first kappa shape index (κ1) is 11.3. The second-order valence-corrected chi connectivity index (χ2v) is 3.58. The summed E-state index contributed by atoms with van der Waals surface area (Å²) in [5.74, 6) is -2.44. The molecule has 3 nitrogen and oxygen atoms in total. The number of hydrogen-bond acceptors (Lipinski definition) is 2. The number of aliphatic carboxylic acids is 1. The number of aromatic nitrogens is 1. The van der Waals surface area contributed by atoms with Crippen LogP contribution in [0.1, 0.15) is 17.2 Å². The summed E-state index contributed by atoms with van der Waals surface area (Å²) < 4.78 is 13.1. The average Bonchev–Trinajstić information content (AvgIpc) is 2.30. The third kappa shape index (κ3) is 2.47. The summed E-state index contributed by atoms with van der Waals surface area (Å²) in [4.78, 5) is 15.3. The first-order valence-electron chi connectivity index (χ1n) is 5.07. The van der Waals surface area contributed by atoms with Crippen LogP contribution in [0.5, 0.6) is 0 Å². The standard InChI is InChI=1S/C13H10FNO2/c14-10-5-3-4-9(8-10)12(13(16)17)11-6-1-2-7-15-11/h1-8,12H,(H,16,17). The van der Waals surface area contributed by atoms with E-state index in [0.717, 1.165) is 0 Å². The molecule has 1 aromatic heterocycles. The quantitative estimate of drug-likeness (QED) is 0.882. The molecule has 0 aliphatic rings. The molecule has 0 radical (unpaired) electrons. The molecule has 0 spiro atoms. The van der Waals surface area contributed by atoms with Gasteiger partial charge < -0.3 is 5.11 Å². The largest absolute Gasteiger partial charge is 0.480 e. The molecule has 0 bridgehead atoms. The van der Waals surface area contributed by atoms with Gasteiger partial charge >= 0.3 is 5.97 Å². The van der Waals surface area contributed by atoms with Gasteiger partial charge in [-0.2, -0.15) is 0 Å². The van der Waals surface area contributed by atoms with Crippen LogP contribution in [-0.4, -0.2) is 16.1 Å². The van der Waals surface area contributed by atoms with Gasteiger partial charge in [0, 0.05) is 6.20 Å². The Kier molecular flexibility index (Phi) is 3.14. The van der Waals surface area contributed by atoms with E-state index in [0.29, 0.717) is 11.3 Å². The van der Waals surface area contributed by atoms with Crippen LogP contribution in [0.15, 0.2) is 48.7 Å². The van der Waals surface area contributed by atoms with E-state index in [-0.39, 0.29) is 0 Å². The molecule has 0 amide bonds. The van der Waals surface area contributed by atoms with Gasteiger partial charge in [0.1, 0.15) is 11.7 Å². The maximum Gasteiger partial charge on any atom is 0.317 e. The van der Waals surface area contributed by atoms with Gasteiger partial charge in [-0.25, -0.2) is 4.39 Å². The van der Waals surface area contributed by atoms with Crippen molar-refractivity contribution < 1.29 is 14.3 Å². The summed E-state index contributed by atoms with van der Waals surface area (Å²) in [6.07, 6.45) is 1.52. The summed E-state index contributed by atoms with van der Waals surface area (Å²) in [7, 11) is 0. The lowest BCUT2D eigenvalue weighted by Crippen LogP contribution is -2.14. The predicted octanol–water partition coefficient (Wildman–Crippen LogP) is 2.44. The Bertz CT molecular complexity index is 528. The Labute approximate surface area is 97.6 Å². The van der Waals surface area contributed by atoms with Gasteiger partial charge in [0.25, 0.3) is 0 Å². The van der Waals surface area contributed by atoms with E-state index in [4.69, 9.17) is 0 Å².